The maximum absolute atomic E-state index is 12.7. The number of pyridine rings is 1. The Morgan fingerprint density at radius 1 is 1.48 bits per heavy atom. The highest BCUT2D eigenvalue weighted by molar-refractivity contribution is 6.32. The zero-order valence-electron chi connectivity index (χ0n) is 10.8. The van der Waals surface area contributed by atoms with E-state index in [0.717, 1.165) is 4.68 Å². The molecule has 0 saturated heterocycles. The number of rotatable bonds is 3. The van der Waals surface area contributed by atoms with Crippen molar-refractivity contribution in [2.24, 2.45) is 0 Å². The predicted molar refractivity (Wildman–Crippen MR) is 69.8 cm³/mol. The van der Waals surface area contributed by atoms with E-state index in [2.05, 4.69) is 15.4 Å². The number of amides is 1. The number of hydrogen-bond acceptors (Lipinski definition) is 3. The van der Waals surface area contributed by atoms with Gasteiger partial charge in [-0.25, -0.2) is 0 Å². The Morgan fingerprint density at radius 3 is 2.71 bits per heavy atom. The third-order valence-electron chi connectivity index (χ3n) is 2.64. The van der Waals surface area contributed by atoms with Crippen molar-refractivity contribution in [3.05, 3.63) is 40.9 Å². The van der Waals surface area contributed by atoms with E-state index >= 15 is 0 Å². The van der Waals surface area contributed by atoms with Gasteiger partial charge in [0.15, 0.2) is 5.69 Å². The van der Waals surface area contributed by atoms with Crippen LogP contribution in [-0.2, 0) is 17.5 Å². The first-order chi connectivity index (χ1) is 9.79. The minimum atomic E-state index is -4.66. The Hall–Kier alpha value is -2.09. The zero-order chi connectivity index (χ0) is 15.6. The molecule has 0 spiro atoms. The molecule has 112 valence electrons. The van der Waals surface area contributed by atoms with Crippen molar-refractivity contribution in [1.29, 1.82) is 0 Å². The molecular formula is C12H10ClF3N4O. The SMILES string of the molecule is Cc1c(Cl)c(C(F)(F)F)nn1CC(=O)Nc1cccnc1. The third-order valence-corrected chi connectivity index (χ3v) is 3.09. The van der Waals surface area contributed by atoms with Gasteiger partial charge in [0.1, 0.15) is 6.54 Å². The lowest BCUT2D eigenvalue weighted by Crippen LogP contribution is -2.20. The van der Waals surface area contributed by atoms with Crippen LogP contribution >= 0.6 is 11.6 Å². The zero-order valence-corrected chi connectivity index (χ0v) is 11.5. The molecule has 5 nitrogen and oxygen atoms in total. The van der Waals surface area contributed by atoms with Crippen LogP contribution in [0.2, 0.25) is 5.02 Å². The van der Waals surface area contributed by atoms with Crippen LogP contribution < -0.4 is 5.32 Å². The van der Waals surface area contributed by atoms with E-state index in [1.165, 1.54) is 19.3 Å². The molecule has 0 aliphatic rings. The van der Waals surface area contributed by atoms with Crippen molar-refractivity contribution in [1.82, 2.24) is 14.8 Å². The number of anilines is 1. The normalized spacial score (nSPS) is 11.5. The molecule has 2 aromatic rings. The second-order valence-corrected chi connectivity index (χ2v) is 4.57. The number of hydrogen-bond donors (Lipinski definition) is 1. The lowest BCUT2D eigenvalue weighted by atomic mass is 10.3. The number of alkyl halides is 3. The molecule has 2 heterocycles. The Balaban J connectivity index is 2.15. The van der Waals surface area contributed by atoms with Crippen LogP contribution in [0.15, 0.2) is 24.5 Å². The van der Waals surface area contributed by atoms with Crippen molar-refractivity contribution >= 4 is 23.2 Å². The minimum Gasteiger partial charge on any atom is -0.323 e. The number of halogens is 4. The van der Waals surface area contributed by atoms with Gasteiger partial charge in [0.2, 0.25) is 5.91 Å². The van der Waals surface area contributed by atoms with Crippen LogP contribution in [0.5, 0.6) is 0 Å². The molecule has 0 bridgehead atoms. The van der Waals surface area contributed by atoms with Crippen LogP contribution in [-0.4, -0.2) is 20.7 Å². The fourth-order valence-electron chi connectivity index (χ4n) is 1.63. The lowest BCUT2D eigenvalue weighted by Gasteiger charge is -2.06. The van der Waals surface area contributed by atoms with Gasteiger partial charge in [0.25, 0.3) is 0 Å². The van der Waals surface area contributed by atoms with Crippen molar-refractivity contribution in [2.75, 3.05) is 5.32 Å². The summed E-state index contributed by atoms with van der Waals surface area (Å²) in [4.78, 5) is 15.6. The number of nitrogens with zero attached hydrogens (tertiary/aromatic N) is 3. The fraction of sp³-hybridized carbons (Fsp3) is 0.250. The molecular weight excluding hydrogens is 309 g/mol. The fourth-order valence-corrected chi connectivity index (χ4v) is 1.88. The van der Waals surface area contributed by atoms with Crippen LogP contribution in [0.25, 0.3) is 0 Å². The van der Waals surface area contributed by atoms with Gasteiger partial charge in [0, 0.05) is 6.20 Å². The van der Waals surface area contributed by atoms with Crippen molar-refractivity contribution in [2.45, 2.75) is 19.6 Å². The van der Waals surface area contributed by atoms with Gasteiger partial charge in [-0.1, -0.05) is 11.6 Å². The second kappa shape index (κ2) is 5.72. The number of nitrogens with one attached hydrogen (secondary N) is 1. The summed E-state index contributed by atoms with van der Waals surface area (Å²) in [6.45, 7) is 0.985. The van der Waals surface area contributed by atoms with E-state index in [0.29, 0.717) is 5.69 Å². The summed E-state index contributed by atoms with van der Waals surface area (Å²) in [6.07, 6.45) is -1.71. The molecule has 0 unspecified atom stereocenters. The molecule has 21 heavy (non-hydrogen) atoms. The predicted octanol–water partition coefficient (Wildman–Crippen LogP) is 2.90. The molecule has 1 N–H and O–H groups in total. The molecule has 0 fully saturated rings. The van der Waals surface area contributed by atoms with Gasteiger partial charge in [0.05, 0.1) is 22.6 Å². The smallest absolute Gasteiger partial charge is 0.323 e. The highest BCUT2D eigenvalue weighted by Gasteiger charge is 2.38. The molecule has 2 aromatic heterocycles. The van der Waals surface area contributed by atoms with Gasteiger partial charge < -0.3 is 5.32 Å². The lowest BCUT2D eigenvalue weighted by molar-refractivity contribution is -0.141. The molecule has 0 radical (unpaired) electrons. The van der Waals surface area contributed by atoms with E-state index in [9.17, 15) is 18.0 Å². The number of aromatic nitrogens is 3. The molecule has 0 saturated carbocycles. The van der Waals surface area contributed by atoms with Gasteiger partial charge >= 0.3 is 6.18 Å². The third kappa shape index (κ3) is 3.52. The van der Waals surface area contributed by atoms with Gasteiger partial charge in [-0.15, -0.1) is 0 Å². The quantitative estimate of drug-likeness (QED) is 0.946. The summed E-state index contributed by atoms with van der Waals surface area (Å²) in [5, 5.41) is 5.34. The molecule has 2 rings (SSSR count). The largest absolute Gasteiger partial charge is 0.436 e. The summed E-state index contributed by atoms with van der Waals surface area (Å²) in [5.41, 5.74) is -0.685. The molecule has 1 amide bonds. The monoisotopic (exact) mass is 318 g/mol. The first-order valence-corrected chi connectivity index (χ1v) is 6.17. The summed E-state index contributed by atoms with van der Waals surface area (Å²) in [7, 11) is 0. The van der Waals surface area contributed by atoms with E-state index in [4.69, 9.17) is 11.6 Å². The summed E-state index contributed by atoms with van der Waals surface area (Å²) >= 11 is 5.60. The van der Waals surface area contributed by atoms with Crippen LogP contribution in [0.1, 0.15) is 11.4 Å². The Labute approximate surface area is 122 Å². The van der Waals surface area contributed by atoms with E-state index in [-0.39, 0.29) is 12.2 Å². The number of carbonyl (C=O) groups excluding carboxylic acids is 1. The van der Waals surface area contributed by atoms with E-state index < -0.39 is 22.8 Å². The molecule has 0 aromatic carbocycles. The molecule has 0 atom stereocenters. The second-order valence-electron chi connectivity index (χ2n) is 4.19. The van der Waals surface area contributed by atoms with Crippen molar-refractivity contribution in [3.8, 4) is 0 Å². The van der Waals surface area contributed by atoms with Gasteiger partial charge in [-0.05, 0) is 19.1 Å². The molecule has 9 heteroatoms. The van der Waals surface area contributed by atoms with Crippen molar-refractivity contribution in [3.63, 3.8) is 0 Å². The highest BCUT2D eigenvalue weighted by atomic mass is 35.5. The summed E-state index contributed by atoms with van der Waals surface area (Å²) in [6, 6.07) is 3.22. The van der Waals surface area contributed by atoms with Crippen LogP contribution in [0, 0.1) is 6.92 Å². The Bertz CT molecular complexity index is 655. The average molecular weight is 319 g/mol. The first-order valence-electron chi connectivity index (χ1n) is 5.79. The maximum atomic E-state index is 12.7. The van der Waals surface area contributed by atoms with E-state index in [1.807, 2.05) is 0 Å². The van der Waals surface area contributed by atoms with Crippen LogP contribution in [0.4, 0.5) is 18.9 Å². The van der Waals surface area contributed by atoms with Gasteiger partial charge in [-0.2, -0.15) is 18.3 Å². The minimum absolute atomic E-state index is 0.0744. The Kier molecular flexibility index (Phi) is 4.17. The molecule has 0 aliphatic heterocycles. The summed E-state index contributed by atoms with van der Waals surface area (Å²) in [5.74, 6) is -0.529. The standard InChI is InChI=1S/C12H10ClF3N4O/c1-7-10(13)11(12(14,15)16)19-20(7)6-9(21)18-8-3-2-4-17-5-8/h2-5H,6H2,1H3,(H,18,21). The van der Waals surface area contributed by atoms with E-state index in [1.54, 1.807) is 12.1 Å². The molecule has 0 aliphatic carbocycles. The van der Waals surface area contributed by atoms with Crippen molar-refractivity contribution < 1.29 is 18.0 Å². The topological polar surface area (TPSA) is 59.8 Å². The first kappa shape index (κ1) is 15.3. The number of carbonyl (C=O) groups is 1. The maximum Gasteiger partial charge on any atom is 0.436 e. The highest BCUT2D eigenvalue weighted by Crippen LogP contribution is 2.35. The Morgan fingerprint density at radius 2 is 2.19 bits per heavy atom. The van der Waals surface area contributed by atoms with Gasteiger partial charge in [-0.3, -0.25) is 14.5 Å². The van der Waals surface area contributed by atoms with Crippen LogP contribution in [0.3, 0.4) is 0 Å². The summed E-state index contributed by atoms with van der Waals surface area (Å²) < 4.78 is 38.9. The average Bonchev–Trinajstić information content (AvgIpc) is 2.68.